The van der Waals surface area contributed by atoms with Crippen molar-refractivity contribution >= 4 is 21.6 Å². The molecule has 0 aromatic heterocycles. The second kappa shape index (κ2) is 10.5. The minimum absolute atomic E-state index is 0.149. The molecular weight excluding hydrogens is 420 g/mol. The summed E-state index contributed by atoms with van der Waals surface area (Å²) in [6, 6.07) is 23.3. The Morgan fingerprint density at radius 3 is 1.91 bits per heavy atom. The second-order valence-electron chi connectivity index (χ2n) is 7.73. The van der Waals surface area contributed by atoms with Crippen LogP contribution in [0.3, 0.4) is 0 Å². The maximum absolute atomic E-state index is 13.4. The first kappa shape index (κ1) is 23.5. The molecule has 0 radical (unpaired) electrons. The molecule has 32 heavy (non-hydrogen) atoms. The van der Waals surface area contributed by atoms with Crippen LogP contribution in [0.25, 0.3) is 0 Å². The van der Waals surface area contributed by atoms with E-state index >= 15 is 0 Å². The summed E-state index contributed by atoms with van der Waals surface area (Å²) < 4.78 is 28.0. The Bertz CT molecular complexity index is 1130. The molecule has 6 heteroatoms. The van der Waals surface area contributed by atoms with Crippen LogP contribution in [0.15, 0.2) is 83.8 Å². The first-order valence-electron chi connectivity index (χ1n) is 10.9. The summed E-state index contributed by atoms with van der Waals surface area (Å²) in [5.41, 5.74) is 3.75. The van der Waals surface area contributed by atoms with Crippen molar-refractivity contribution in [3.05, 3.63) is 95.6 Å². The molecular formula is C26H30N2O3S. The third-order valence-electron chi connectivity index (χ3n) is 5.52. The van der Waals surface area contributed by atoms with Crippen LogP contribution in [-0.4, -0.2) is 20.9 Å². The molecule has 0 aliphatic heterocycles. The van der Waals surface area contributed by atoms with Crippen LogP contribution in [-0.2, 0) is 27.7 Å². The number of hydrogen-bond acceptors (Lipinski definition) is 3. The van der Waals surface area contributed by atoms with E-state index in [-0.39, 0.29) is 23.4 Å². The van der Waals surface area contributed by atoms with Crippen LogP contribution in [0.4, 0.5) is 5.69 Å². The van der Waals surface area contributed by atoms with E-state index in [9.17, 15) is 13.2 Å². The van der Waals surface area contributed by atoms with E-state index in [2.05, 4.69) is 12.2 Å². The van der Waals surface area contributed by atoms with Crippen LogP contribution in [0, 0.1) is 0 Å². The highest BCUT2D eigenvalue weighted by Gasteiger charge is 2.27. The van der Waals surface area contributed by atoms with Crippen LogP contribution >= 0.6 is 0 Å². The fraction of sp³-hybridized carbons (Fsp3) is 0.269. The summed E-state index contributed by atoms with van der Waals surface area (Å²) in [5.74, 6) is -0.365. The van der Waals surface area contributed by atoms with Crippen LogP contribution in [0.5, 0.6) is 0 Å². The average molecular weight is 451 g/mol. The van der Waals surface area contributed by atoms with Crippen molar-refractivity contribution in [1.29, 1.82) is 0 Å². The number of anilines is 1. The number of carbonyl (C=O) groups excluding carboxylic acids is 1. The zero-order valence-corrected chi connectivity index (χ0v) is 19.6. The van der Waals surface area contributed by atoms with Crippen molar-refractivity contribution in [2.75, 3.05) is 10.8 Å². The third kappa shape index (κ3) is 5.56. The monoisotopic (exact) mass is 450 g/mol. The quantitative estimate of drug-likeness (QED) is 0.505. The zero-order chi connectivity index (χ0) is 23.1. The van der Waals surface area contributed by atoms with Crippen molar-refractivity contribution in [2.24, 2.45) is 0 Å². The van der Waals surface area contributed by atoms with Gasteiger partial charge in [-0.15, -0.1) is 0 Å². The molecule has 0 aliphatic carbocycles. The summed E-state index contributed by atoms with van der Waals surface area (Å²) in [7, 11) is -3.91. The van der Waals surface area contributed by atoms with Gasteiger partial charge in [-0.05, 0) is 60.7 Å². The molecule has 0 heterocycles. The number of hydrogen-bond donors (Lipinski definition) is 1. The van der Waals surface area contributed by atoms with E-state index in [0.717, 1.165) is 24.0 Å². The molecule has 1 atom stereocenters. The van der Waals surface area contributed by atoms with E-state index in [0.29, 0.717) is 5.69 Å². The van der Waals surface area contributed by atoms with Gasteiger partial charge in [0.2, 0.25) is 5.91 Å². The number of nitrogens with one attached hydrogen (secondary N) is 1. The first-order valence-corrected chi connectivity index (χ1v) is 12.3. The van der Waals surface area contributed by atoms with Gasteiger partial charge >= 0.3 is 0 Å². The molecule has 0 unspecified atom stereocenters. The minimum Gasteiger partial charge on any atom is -0.348 e. The SMILES string of the molecule is CCc1ccc([C@@H](C)NC(=O)CN(c2ccc(CC)cc2)S(=O)(=O)c2ccccc2)cc1. The van der Waals surface area contributed by atoms with Crippen LogP contribution in [0.1, 0.15) is 43.5 Å². The van der Waals surface area contributed by atoms with E-state index < -0.39 is 10.0 Å². The molecule has 0 spiro atoms. The molecule has 168 valence electrons. The normalized spacial score (nSPS) is 12.2. The molecule has 3 aromatic rings. The van der Waals surface area contributed by atoms with Crippen molar-refractivity contribution in [1.82, 2.24) is 5.32 Å². The molecule has 3 aromatic carbocycles. The zero-order valence-electron chi connectivity index (χ0n) is 18.8. The molecule has 1 amide bonds. The first-order chi connectivity index (χ1) is 15.3. The molecule has 0 saturated carbocycles. The molecule has 1 N–H and O–H groups in total. The van der Waals surface area contributed by atoms with Gasteiger partial charge in [-0.1, -0.05) is 68.4 Å². The van der Waals surface area contributed by atoms with Crippen molar-refractivity contribution < 1.29 is 13.2 Å². The average Bonchev–Trinajstić information content (AvgIpc) is 2.83. The van der Waals surface area contributed by atoms with Gasteiger partial charge in [0.15, 0.2) is 0 Å². The fourth-order valence-corrected chi connectivity index (χ4v) is 4.92. The molecule has 5 nitrogen and oxygen atoms in total. The summed E-state index contributed by atoms with van der Waals surface area (Å²) in [4.78, 5) is 13.1. The molecule has 0 bridgehead atoms. The second-order valence-corrected chi connectivity index (χ2v) is 9.59. The number of carbonyl (C=O) groups is 1. The lowest BCUT2D eigenvalue weighted by Gasteiger charge is -2.25. The Morgan fingerprint density at radius 2 is 1.38 bits per heavy atom. The summed E-state index contributed by atoms with van der Waals surface area (Å²) in [5, 5.41) is 2.93. The molecule has 0 aliphatic rings. The van der Waals surface area contributed by atoms with Crippen molar-refractivity contribution in [2.45, 2.75) is 44.6 Å². The van der Waals surface area contributed by atoms with Gasteiger partial charge in [0.25, 0.3) is 10.0 Å². The minimum atomic E-state index is -3.91. The van der Waals surface area contributed by atoms with Gasteiger partial charge in [-0.25, -0.2) is 8.42 Å². The van der Waals surface area contributed by atoms with Gasteiger partial charge in [0, 0.05) is 0 Å². The van der Waals surface area contributed by atoms with Gasteiger partial charge in [0.05, 0.1) is 16.6 Å². The Balaban J connectivity index is 1.85. The number of benzene rings is 3. The Morgan fingerprint density at radius 1 is 0.844 bits per heavy atom. The predicted octanol–water partition coefficient (Wildman–Crippen LogP) is 4.88. The van der Waals surface area contributed by atoms with Gasteiger partial charge in [0.1, 0.15) is 6.54 Å². The van der Waals surface area contributed by atoms with E-state index in [1.165, 1.54) is 9.87 Å². The smallest absolute Gasteiger partial charge is 0.264 e. The topological polar surface area (TPSA) is 66.5 Å². The van der Waals surface area contributed by atoms with E-state index in [1.54, 1.807) is 42.5 Å². The fourth-order valence-electron chi connectivity index (χ4n) is 3.48. The predicted molar refractivity (Wildman–Crippen MR) is 129 cm³/mol. The summed E-state index contributed by atoms with van der Waals surface area (Å²) >= 11 is 0. The largest absolute Gasteiger partial charge is 0.348 e. The lowest BCUT2D eigenvalue weighted by molar-refractivity contribution is -0.120. The summed E-state index contributed by atoms with van der Waals surface area (Å²) in [6.45, 7) is 5.72. The number of amides is 1. The van der Waals surface area contributed by atoms with Crippen molar-refractivity contribution in [3.8, 4) is 0 Å². The Hall–Kier alpha value is -3.12. The Kier molecular flexibility index (Phi) is 7.70. The Labute approximate surface area is 191 Å². The number of nitrogens with zero attached hydrogens (tertiary/aromatic N) is 1. The highest BCUT2D eigenvalue weighted by molar-refractivity contribution is 7.92. The number of rotatable bonds is 9. The van der Waals surface area contributed by atoms with E-state index in [4.69, 9.17) is 0 Å². The third-order valence-corrected chi connectivity index (χ3v) is 7.30. The molecule has 3 rings (SSSR count). The molecule has 0 fully saturated rings. The maximum Gasteiger partial charge on any atom is 0.264 e. The van der Waals surface area contributed by atoms with Crippen molar-refractivity contribution in [3.63, 3.8) is 0 Å². The van der Waals surface area contributed by atoms with Crippen LogP contribution in [0.2, 0.25) is 0 Å². The molecule has 0 saturated heterocycles. The standard InChI is InChI=1S/C26H30N2O3S/c1-4-21-11-15-23(16-12-21)20(3)27-26(29)19-28(24-17-13-22(5-2)14-18-24)32(30,31)25-9-7-6-8-10-25/h6-18,20H,4-5,19H2,1-3H3,(H,27,29)/t20-/m1/s1. The number of aryl methyl sites for hydroxylation is 2. The van der Waals surface area contributed by atoms with Crippen LogP contribution < -0.4 is 9.62 Å². The highest BCUT2D eigenvalue weighted by atomic mass is 32.2. The van der Waals surface area contributed by atoms with E-state index in [1.807, 2.05) is 50.2 Å². The van der Waals surface area contributed by atoms with Gasteiger partial charge < -0.3 is 5.32 Å². The summed E-state index contributed by atoms with van der Waals surface area (Å²) in [6.07, 6.45) is 1.80. The maximum atomic E-state index is 13.4. The lowest BCUT2D eigenvalue weighted by Crippen LogP contribution is -2.41. The highest BCUT2D eigenvalue weighted by Crippen LogP contribution is 2.24. The number of sulfonamides is 1. The lowest BCUT2D eigenvalue weighted by atomic mass is 10.1. The van der Waals surface area contributed by atoms with Gasteiger partial charge in [-0.2, -0.15) is 0 Å². The van der Waals surface area contributed by atoms with Gasteiger partial charge in [-0.3, -0.25) is 9.10 Å².